The van der Waals surface area contributed by atoms with Crippen molar-refractivity contribution >= 4 is 28.4 Å². The number of pyridine rings is 1. The summed E-state index contributed by atoms with van der Waals surface area (Å²) in [5.41, 5.74) is 10.7. The highest BCUT2D eigenvalue weighted by Gasteiger charge is 2.22. The fourth-order valence-electron chi connectivity index (χ4n) is 3.11. The van der Waals surface area contributed by atoms with Gasteiger partial charge in [0.05, 0.1) is 14.2 Å². The summed E-state index contributed by atoms with van der Waals surface area (Å²) in [6.07, 6.45) is 0. The van der Waals surface area contributed by atoms with E-state index in [0.717, 1.165) is 31.5 Å². The Morgan fingerprint density at radius 1 is 1.04 bits per heavy atom. The number of hydrogen-bond acceptors (Lipinski definition) is 5. The van der Waals surface area contributed by atoms with Crippen LogP contribution in [0.3, 0.4) is 0 Å². The third kappa shape index (κ3) is 3.43. The van der Waals surface area contributed by atoms with Gasteiger partial charge >= 0.3 is 0 Å². The molecule has 2 N–H and O–H groups in total. The molecule has 0 fully saturated rings. The van der Waals surface area contributed by atoms with Crippen molar-refractivity contribution in [3.05, 3.63) is 57.3 Å². The maximum atomic E-state index is 9.81. The zero-order chi connectivity index (χ0) is 19.6. The molecule has 2 aromatic carbocycles. The molecular weight excluding hydrogens is 453 g/mol. The van der Waals surface area contributed by atoms with Gasteiger partial charge in [0.25, 0.3) is 0 Å². The molecule has 0 atom stereocenters. The number of anilines is 1. The van der Waals surface area contributed by atoms with E-state index in [-0.39, 0.29) is 5.82 Å². The standard InChI is InChI=1S/C21H18IN3O2/c1-12-19(13-7-5-4-6-8-13)20(15(11-23)21(24)25-12)14-9-17(26-2)18(27-3)10-16(14)22/h4-10H,1-3H3,(H2,24,25). The Morgan fingerprint density at radius 2 is 1.67 bits per heavy atom. The normalized spacial score (nSPS) is 10.3. The molecule has 0 amide bonds. The van der Waals surface area contributed by atoms with Gasteiger partial charge in [0.15, 0.2) is 11.5 Å². The summed E-state index contributed by atoms with van der Waals surface area (Å²) in [7, 11) is 3.18. The van der Waals surface area contributed by atoms with Gasteiger partial charge in [-0.25, -0.2) is 4.98 Å². The van der Waals surface area contributed by atoms with E-state index in [1.807, 2.05) is 49.4 Å². The summed E-state index contributed by atoms with van der Waals surface area (Å²) >= 11 is 2.23. The molecule has 0 aliphatic heterocycles. The molecule has 6 heteroatoms. The second kappa shape index (κ2) is 7.84. The predicted octanol–water partition coefficient (Wildman–Crippen LogP) is 4.80. The van der Waals surface area contributed by atoms with Crippen molar-refractivity contribution < 1.29 is 9.47 Å². The van der Waals surface area contributed by atoms with E-state index < -0.39 is 0 Å². The van der Waals surface area contributed by atoms with Gasteiger partial charge in [-0.2, -0.15) is 5.26 Å². The van der Waals surface area contributed by atoms with E-state index in [4.69, 9.17) is 15.2 Å². The fourth-order valence-corrected chi connectivity index (χ4v) is 3.82. The first-order chi connectivity index (χ1) is 13.0. The highest BCUT2D eigenvalue weighted by atomic mass is 127. The van der Waals surface area contributed by atoms with Crippen LogP contribution in [-0.2, 0) is 0 Å². The van der Waals surface area contributed by atoms with Crippen LogP contribution >= 0.6 is 22.6 Å². The Labute approximate surface area is 171 Å². The number of halogens is 1. The van der Waals surface area contributed by atoms with Crippen molar-refractivity contribution in [1.29, 1.82) is 5.26 Å². The first-order valence-corrected chi connectivity index (χ1v) is 9.27. The van der Waals surface area contributed by atoms with Crippen LogP contribution in [0.15, 0.2) is 42.5 Å². The summed E-state index contributed by atoms with van der Waals surface area (Å²) < 4.78 is 11.8. The molecule has 0 bridgehead atoms. The number of nitriles is 1. The van der Waals surface area contributed by atoms with Crippen LogP contribution < -0.4 is 15.2 Å². The van der Waals surface area contributed by atoms with E-state index in [9.17, 15) is 5.26 Å². The lowest BCUT2D eigenvalue weighted by molar-refractivity contribution is 0.355. The second-order valence-corrected chi connectivity index (χ2v) is 7.03. The monoisotopic (exact) mass is 471 g/mol. The average molecular weight is 471 g/mol. The van der Waals surface area contributed by atoms with Crippen molar-refractivity contribution in [2.45, 2.75) is 6.92 Å². The van der Waals surface area contributed by atoms with Crippen LogP contribution in [-0.4, -0.2) is 19.2 Å². The lowest BCUT2D eigenvalue weighted by atomic mass is 9.90. The average Bonchev–Trinajstić information content (AvgIpc) is 2.68. The molecule has 1 aromatic heterocycles. The topological polar surface area (TPSA) is 81.2 Å². The number of ether oxygens (including phenoxy) is 2. The number of methoxy groups -OCH3 is 2. The number of nitrogens with two attached hydrogens (primary N) is 1. The van der Waals surface area contributed by atoms with Gasteiger partial charge in [0.2, 0.25) is 0 Å². The number of benzene rings is 2. The molecule has 3 rings (SSSR count). The van der Waals surface area contributed by atoms with Gasteiger partial charge in [-0.05, 0) is 47.2 Å². The highest BCUT2D eigenvalue weighted by Crippen LogP contribution is 2.43. The van der Waals surface area contributed by atoms with Crippen LogP contribution in [0.25, 0.3) is 22.3 Å². The minimum absolute atomic E-state index is 0.218. The number of aryl methyl sites for hydroxylation is 1. The lowest BCUT2D eigenvalue weighted by Crippen LogP contribution is -2.04. The number of rotatable bonds is 4. The molecular formula is C21H18IN3O2. The maximum absolute atomic E-state index is 9.81. The molecule has 0 saturated carbocycles. The maximum Gasteiger partial charge on any atom is 0.161 e. The minimum atomic E-state index is 0.218. The van der Waals surface area contributed by atoms with Gasteiger partial charge in [0.1, 0.15) is 17.5 Å². The number of nitrogens with zero attached hydrogens (tertiary/aromatic N) is 2. The third-order valence-corrected chi connectivity index (χ3v) is 5.22. The summed E-state index contributed by atoms with van der Waals surface area (Å²) in [6, 6.07) is 15.9. The minimum Gasteiger partial charge on any atom is -0.493 e. The molecule has 1 heterocycles. The summed E-state index contributed by atoms with van der Waals surface area (Å²) in [5.74, 6) is 1.43. The van der Waals surface area contributed by atoms with E-state index in [2.05, 4.69) is 33.6 Å². The molecule has 0 unspecified atom stereocenters. The quantitative estimate of drug-likeness (QED) is 0.553. The first-order valence-electron chi connectivity index (χ1n) is 8.19. The molecule has 27 heavy (non-hydrogen) atoms. The number of hydrogen-bond donors (Lipinski definition) is 1. The zero-order valence-electron chi connectivity index (χ0n) is 15.2. The van der Waals surface area contributed by atoms with Gasteiger partial charge in [-0.15, -0.1) is 0 Å². The summed E-state index contributed by atoms with van der Waals surface area (Å²) in [5, 5.41) is 9.81. The van der Waals surface area contributed by atoms with Crippen LogP contribution in [0.4, 0.5) is 5.82 Å². The predicted molar refractivity (Wildman–Crippen MR) is 115 cm³/mol. The van der Waals surface area contributed by atoms with Gasteiger partial charge in [-0.1, -0.05) is 30.3 Å². The largest absolute Gasteiger partial charge is 0.493 e. The van der Waals surface area contributed by atoms with Gasteiger partial charge in [0, 0.05) is 26.0 Å². The number of aromatic nitrogens is 1. The van der Waals surface area contributed by atoms with Crippen molar-refractivity contribution in [2.24, 2.45) is 0 Å². The summed E-state index contributed by atoms with van der Waals surface area (Å²) in [4.78, 5) is 4.41. The van der Waals surface area contributed by atoms with Crippen molar-refractivity contribution in [1.82, 2.24) is 4.98 Å². The van der Waals surface area contributed by atoms with Crippen molar-refractivity contribution in [2.75, 3.05) is 20.0 Å². The molecule has 0 radical (unpaired) electrons. The van der Waals surface area contributed by atoms with Crippen LogP contribution in [0.2, 0.25) is 0 Å². The number of nitrogen functional groups attached to an aromatic ring is 1. The fraction of sp³-hybridized carbons (Fsp3) is 0.143. The lowest BCUT2D eigenvalue weighted by Gasteiger charge is -2.19. The van der Waals surface area contributed by atoms with Crippen LogP contribution in [0, 0.1) is 21.8 Å². The van der Waals surface area contributed by atoms with E-state index in [1.54, 1.807) is 14.2 Å². The summed E-state index contributed by atoms with van der Waals surface area (Å²) in [6.45, 7) is 1.90. The third-order valence-electron chi connectivity index (χ3n) is 4.32. The van der Waals surface area contributed by atoms with Gasteiger partial charge in [-0.3, -0.25) is 0 Å². The van der Waals surface area contributed by atoms with E-state index in [1.165, 1.54) is 0 Å². The Bertz CT molecular complexity index is 1040. The second-order valence-electron chi connectivity index (χ2n) is 5.87. The smallest absolute Gasteiger partial charge is 0.161 e. The van der Waals surface area contributed by atoms with Crippen LogP contribution in [0.1, 0.15) is 11.3 Å². The molecule has 5 nitrogen and oxygen atoms in total. The first kappa shape index (κ1) is 19.0. The molecule has 0 aliphatic rings. The SMILES string of the molecule is COc1cc(I)c(-c2c(C#N)c(N)nc(C)c2-c2ccccc2)cc1OC. The Hall–Kier alpha value is -2.79. The molecule has 136 valence electrons. The Kier molecular flexibility index (Phi) is 5.51. The van der Waals surface area contributed by atoms with Crippen molar-refractivity contribution in [3.63, 3.8) is 0 Å². The molecule has 0 spiro atoms. The van der Waals surface area contributed by atoms with Crippen LogP contribution in [0.5, 0.6) is 11.5 Å². The van der Waals surface area contributed by atoms with E-state index in [0.29, 0.717) is 17.1 Å². The van der Waals surface area contributed by atoms with Crippen molar-refractivity contribution in [3.8, 4) is 39.8 Å². The molecule has 3 aromatic rings. The highest BCUT2D eigenvalue weighted by molar-refractivity contribution is 14.1. The molecule has 0 aliphatic carbocycles. The Balaban J connectivity index is 2.44. The van der Waals surface area contributed by atoms with E-state index >= 15 is 0 Å². The zero-order valence-corrected chi connectivity index (χ0v) is 17.4. The Morgan fingerprint density at radius 3 is 2.26 bits per heavy atom. The molecule has 0 saturated heterocycles. The van der Waals surface area contributed by atoms with Gasteiger partial charge < -0.3 is 15.2 Å².